The Morgan fingerprint density at radius 3 is 2.11 bits per heavy atom. The number of rotatable bonds is 10. The summed E-state index contributed by atoms with van der Waals surface area (Å²) in [4.78, 5) is 0. The molecule has 0 aliphatic rings. The summed E-state index contributed by atoms with van der Waals surface area (Å²) in [6, 6.07) is 8.44. The van der Waals surface area contributed by atoms with Crippen LogP contribution >= 0.6 is 0 Å². The van der Waals surface area contributed by atoms with Crippen molar-refractivity contribution < 1.29 is 9.47 Å². The van der Waals surface area contributed by atoms with Gasteiger partial charge in [0.15, 0.2) is 0 Å². The molecular weight excluding hydrogens is 238 g/mol. The van der Waals surface area contributed by atoms with E-state index in [1.165, 1.54) is 6.42 Å². The van der Waals surface area contributed by atoms with Gasteiger partial charge in [0.25, 0.3) is 0 Å². The summed E-state index contributed by atoms with van der Waals surface area (Å²) in [7, 11) is 0. The van der Waals surface area contributed by atoms with Gasteiger partial charge in [0, 0.05) is 6.04 Å². The quantitative estimate of drug-likeness (QED) is 0.655. The molecule has 1 atom stereocenters. The lowest BCUT2D eigenvalue weighted by Gasteiger charge is -2.11. The van der Waals surface area contributed by atoms with Crippen LogP contribution in [0.4, 0.5) is 0 Å². The number of hydrogen-bond donors (Lipinski definition) is 1. The third-order valence-corrected chi connectivity index (χ3v) is 2.99. The number of hydrogen-bond acceptors (Lipinski definition) is 3. The standard InChI is InChI=1S/C16H27NO2/c1-4-12-18-15-7-9-16(10-8-15)19-13-6-11-17-14(3)5-2/h7-10,14,17H,4-6,11-13H2,1-3H3/t14-/m1/s1. The molecule has 0 radical (unpaired) electrons. The average Bonchev–Trinajstić information content (AvgIpc) is 2.45. The van der Waals surface area contributed by atoms with Gasteiger partial charge >= 0.3 is 0 Å². The van der Waals surface area contributed by atoms with Gasteiger partial charge in [0.2, 0.25) is 0 Å². The minimum Gasteiger partial charge on any atom is -0.494 e. The smallest absolute Gasteiger partial charge is 0.119 e. The van der Waals surface area contributed by atoms with E-state index in [4.69, 9.17) is 9.47 Å². The van der Waals surface area contributed by atoms with E-state index in [2.05, 4.69) is 26.1 Å². The molecule has 108 valence electrons. The summed E-state index contributed by atoms with van der Waals surface area (Å²) >= 11 is 0. The lowest BCUT2D eigenvalue weighted by molar-refractivity contribution is 0.301. The fraction of sp³-hybridized carbons (Fsp3) is 0.625. The molecule has 1 aromatic rings. The first-order valence-corrected chi connectivity index (χ1v) is 7.35. The van der Waals surface area contributed by atoms with Crippen LogP contribution in [-0.4, -0.2) is 25.8 Å². The molecular formula is C16H27NO2. The van der Waals surface area contributed by atoms with Gasteiger partial charge < -0.3 is 14.8 Å². The third kappa shape index (κ3) is 7.06. The predicted octanol–water partition coefficient (Wildman–Crippen LogP) is 3.63. The summed E-state index contributed by atoms with van der Waals surface area (Å²) in [5.41, 5.74) is 0. The van der Waals surface area contributed by atoms with Gasteiger partial charge in [-0.3, -0.25) is 0 Å². The first kappa shape index (κ1) is 15.8. The van der Waals surface area contributed by atoms with Crippen LogP contribution < -0.4 is 14.8 Å². The highest BCUT2D eigenvalue weighted by Gasteiger charge is 1.98. The molecule has 0 aromatic heterocycles. The average molecular weight is 265 g/mol. The Balaban J connectivity index is 2.15. The molecule has 0 heterocycles. The van der Waals surface area contributed by atoms with Gasteiger partial charge in [0.1, 0.15) is 11.5 Å². The van der Waals surface area contributed by atoms with Crippen molar-refractivity contribution in [3.8, 4) is 11.5 Å². The zero-order chi connectivity index (χ0) is 13.9. The lowest BCUT2D eigenvalue weighted by atomic mass is 10.2. The van der Waals surface area contributed by atoms with Crippen LogP contribution in [0.25, 0.3) is 0 Å². The highest BCUT2D eigenvalue weighted by atomic mass is 16.5. The second kappa shape index (κ2) is 9.68. The van der Waals surface area contributed by atoms with Crippen molar-refractivity contribution in [2.24, 2.45) is 0 Å². The highest BCUT2D eigenvalue weighted by Crippen LogP contribution is 2.17. The van der Waals surface area contributed by atoms with Crippen LogP contribution in [0.15, 0.2) is 24.3 Å². The van der Waals surface area contributed by atoms with E-state index in [0.29, 0.717) is 6.04 Å². The lowest BCUT2D eigenvalue weighted by Crippen LogP contribution is -2.27. The number of benzene rings is 1. The zero-order valence-electron chi connectivity index (χ0n) is 12.4. The van der Waals surface area contributed by atoms with Crippen LogP contribution in [0.1, 0.15) is 40.0 Å². The van der Waals surface area contributed by atoms with Crippen molar-refractivity contribution >= 4 is 0 Å². The number of ether oxygens (including phenoxy) is 2. The maximum Gasteiger partial charge on any atom is 0.119 e. The van der Waals surface area contributed by atoms with Gasteiger partial charge in [-0.1, -0.05) is 13.8 Å². The number of nitrogens with one attached hydrogen (secondary N) is 1. The van der Waals surface area contributed by atoms with Gasteiger partial charge in [-0.25, -0.2) is 0 Å². The molecule has 19 heavy (non-hydrogen) atoms. The molecule has 0 saturated carbocycles. The summed E-state index contributed by atoms with van der Waals surface area (Å²) in [5.74, 6) is 1.82. The van der Waals surface area contributed by atoms with Crippen LogP contribution in [0.3, 0.4) is 0 Å². The van der Waals surface area contributed by atoms with Crippen molar-refractivity contribution in [1.29, 1.82) is 0 Å². The van der Waals surface area contributed by atoms with Gasteiger partial charge in [-0.15, -0.1) is 0 Å². The predicted molar refractivity (Wildman–Crippen MR) is 80.1 cm³/mol. The summed E-state index contributed by atoms with van der Waals surface area (Å²) in [6.07, 6.45) is 3.22. The molecule has 1 N–H and O–H groups in total. The molecule has 3 heteroatoms. The van der Waals surface area contributed by atoms with Crippen LogP contribution in [-0.2, 0) is 0 Å². The van der Waals surface area contributed by atoms with Crippen LogP contribution in [0.5, 0.6) is 11.5 Å². The van der Waals surface area contributed by atoms with Gasteiger partial charge in [-0.05, 0) is 57.0 Å². The van der Waals surface area contributed by atoms with Crippen LogP contribution in [0, 0.1) is 0 Å². The van der Waals surface area contributed by atoms with Crippen molar-refractivity contribution in [3.05, 3.63) is 24.3 Å². The van der Waals surface area contributed by atoms with Crippen molar-refractivity contribution in [1.82, 2.24) is 5.32 Å². The van der Waals surface area contributed by atoms with E-state index in [-0.39, 0.29) is 0 Å². The topological polar surface area (TPSA) is 30.5 Å². The molecule has 0 amide bonds. The van der Waals surface area contributed by atoms with Crippen molar-refractivity contribution in [2.75, 3.05) is 19.8 Å². The minimum atomic E-state index is 0.593. The summed E-state index contributed by atoms with van der Waals surface area (Å²) in [5, 5.41) is 3.45. The molecule has 0 aliphatic heterocycles. The molecule has 0 aliphatic carbocycles. The molecule has 0 bridgehead atoms. The second-order valence-electron chi connectivity index (χ2n) is 4.79. The van der Waals surface area contributed by atoms with Gasteiger partial charge in [0.05, 0.1) is 13.2 Å². The molecule has 0 unspecified atom stereocenters. The molecule has 0 fully saturated rings. The monoisotopic (exact) mass is 265 g/mol. The molecule has 0 spiro atoms. The fourth-order valence-electron chi connectivity index (χ4n) is 1.61. The zero-order valence-corrected chi connectivity index (χ0v) is 12.4. The Hall–Kier alpha value is -1.22. The molecule has 0 saturated heterocycles. The van der Waals surface area contributed by atoms with E-state index >= 15 is 0 Å². The van der Waals surface area contributed by atoms with E-state index in [1.807, 2.05) is 24.3 Å². The Bertz CT molecular complexity index is 324. The first-order valence-electron chi connectivity index (χ1n) is 7.35. The Morgan fingerprint density at radius 2 is 1.58 bits per heavy atom. The Morgan fingerprint density at radius 1 is 1.00 bits per heavy atom. The first-order chi connectivity index (χ1) is 9.26. The second-order valence-corrected chi connectivity index (χ2v) is 4.79. The molecule has 1 rings (SSSR count). The van der Waals surface area contributed by atoms with Crippen molar-refractivity contribution in [2.45, 2.75) is 46.1 Å². The fourth-order valence-corrected chi connectivity index (χ4v) is 1.61. The van der Waals surface area contributed by atoms with Crippen LogP contribution in [0.2, 0.25) is 0 Å². The normalized spacial score (nSPS) is 12.2. The van der Waals surface area contributed by atoms with Crippen molar-refractivity contribution in [3.63, 3.8) is 0 Å². The summed E-state index contributed by atoms with van der Waals surface area (Å²) in [6.45, 7) is 9.02. The van der Waals surface area contributed by atoms with E-state index in [9.17, 15) is 0 Å². The SMILES string of the molecule is CCCOc1ccc(OCCCN[C@H](C)CC)cc1. The molecule has 1 aromatic carbocycles. The Kier molecular flexibility index (Phi) is 8.07. The third-order valence-electron chi connectivity index (χ3n) is 2.99. The highest BCUT2D eigenvalue weighted by molar-refractivity contribution is 5.31. The van der Waals surface area contributed by atoms with Gasteiger partial charge in [-0.2, -0.15) is 0 Å². The minimum absolute atomic E-state index is 0.593. The van der Waals surface area contributed by atoms with E-state index in [0.717, 1.165) is 44.1 Å². The Labute approximate surface area is 117 Å². The largest absolute Gasteiger partial charge is 0.494 e. The van der Waals surface area contributed by atoms with E-state index in [1.54, 1.807) is 0 Å². The maximum atomic E-state index is 5.69. The van der Waals surface area contributed by atoms with E-state index < -0.39 is 0 Å². The molecule has 3 nitrogen and oxygen atoms in total. The summed E-state index contributed by atoms with van der Waals surface area (Å²) < 4.78 is 11.2. The maximum absolute atomic E-state index is 5.69.